The van der Waals surface area contributed by atoms with E-state index >= 15 is 0 Å². The molecular formula is C22H32N4O4. The van der Waals surface area contributed by atoms with Crippen LogP contribution in [0.4, 0.5) is 0 Å². The molecule has 1 fully saturated rings. The van der Waals surface area contributed by atoms with Gasteiger partial charge in [0.25, 0.3) is 5.91 Å². The number of rotatable bonds is 7. The highest BCUT2D eigenvalue weighted by Gasteiger charge is 2.34. The van der Waals surface area contributed by atoms with E-state index in [-0.39, 0.29) is 23.4 Å². The maximum absolute atomic E-state index is 12.7. The number of amidine groups is 1. The highest BCUT2D eigenvalue weighted by molar-refractivity contribution is 6.09. The molecule has 0 bridgehead atoms. The highest BCUT2D eigenvalue weighted by Crippen LogP contribution is 2.41. The fraction of sp³-hybridized carbons (Fsp3) is 0.545. The molecule has 2 aliphatic rings. The van der Waals surface area contributed by atoms with Crippen molar-refractivity contribution in [3.05, 3.63) is 35.5 Å². The zero-order valence-electron chi connectivity index (χ0n) is 18.2. The van der Waals surface area contributed by atoms with Crippen LogP contribution in [-0.2, 0) is 11.2 Å². The molecule has 3 N–H and O–H groups in total. The molecule has 0 spiro atoms. The van der Waals surface area contributed by atoms with Gasteiger partial charge in [0.2, 0.25) is 0 Å². The van der Waals surface area contributed by atoms with Crippen LogP contribution in [0.3, 0.4) is 0 Å². The predicted octanol–water partition coefficient (Wildman–Crippen LogP) is 1.94. The molecule has 1 aromatic rings. The lowest BCUT2D eigenvalue weighted by Gasteiger charge is -2.29. The summed E-state index contributed by atoms with van der Waals surface area (Å²) in [4.78, 5) is 15.0. The minimum Gasteiger partial charge on any atom is -0.489 e. The summed E-state index contributed by atoms with van der Waals surface area (Å²) in [5.74, 6) is 0.960. The molecule has 2 heterocycles. The number of ether oxygens (including phenoxy) is 3. The van der Waals surface area contributed by atoms with Crippen LogP contribution < -0.4 is 20.1 Å². The average molecular weight is 417 g/mol. The standard InChI is InChI=1S/C22H32N4O4/c1-15(14-26-7-9-28-10-8-26)29-18-11-16(21(27)25-20(23)5-6-24-4)12-19-17(18)13-22(2,3)30-19/h5-6,11-12,15,24H,7-10,13-14H2,1-4H3,(H2,23,25,27)/b6-5-. The Balaban J connectivity index is 1.78. The molecule has 30 heavy (non-hydrogen) atoms. The monoisotopic (exact) mass is 416 g/mol. The first-order valence-corrected chi connectivity index (χ1v) is 10.3. The van der Waals surface area contributed by atoms with Crippen molar-refractivity contribution in [2.24, 2.45) is 0 Å². The molecule has 1 amide bonds. The fourth-order valence-electron chi connectivity index (χ4n) is 3.68. The first-order valence-electron chi connectivity index (χ1n) is 10.3. The molecule has 2 aliphatic heterocycles. The zero-order valence-corrected chi connectivity index (χ0v) is 18.2. The Bertz CT molecular complexity index is 816. The zero-order chi connectivity index (χ0) is 21.7. The molecule has 3 rings (SSSR count). The first kappa shape index (κ1) is 22.1. The van der Waals surface area contributed by atoms with Gasteiger partial charge in [0, 0.05) is 44.2 Å². The lowest BCUT2D eigenvalue weighted by atomic mass is 9.99. The maximum atomic E-state index is 12.7. The average Bonchev–Trinajstić information content (AvgIpc) is 3.01. The van der Waals surface area contributed by atoms with Crippen LogP contribution in [0.25, 0.3) is 0 Å². The van der Waals surface area contributed by atoms with Crippen LogP contribution in [0.15, 0.2) is 24.4 Å². The Morgan fingerprint density at radius 2 is 2.10 bits per heavy atom. The Morgan fingerprint density at radius 3 is 2.80 bits per heavy atom. The summed E-state index contributed by atoms with van der Waals surface area (Å²) >= 11 is 0. The summed E-state index contributed by atoms with van der Waals surface area (Å²) in [5, 5.41) is 13.2. The Morgan fingerprint density at radius 1 is 1.37 bits per heavy atom. The second kappa shape index (κ2) is 9.49. The predicted molar refractivity (Wildman–Crippen MR) is 116 cm³/mol. The number of hydrogen-bond donors (Lipinski definition) is 3. The SMILES string of the molecule is CN/C=C\C(=N)NC(=O)c1cc(OC(C)CN2CCOCC2)c2c(c1)OC(C)(C)C2. The van der Waals surface area contributed by atoms with Gasteiger partial charge in [-0.1, -0.05) is 0 Å². The van der Waals surface area contributed by atoms with Crippen molar-refractivity contribution >= 4 is 11.7 Å². The third-order valence-electron chi connectivity index (χ3n) is 5.03. The van der Waals surface area contributed by atoms with Gasteiger partial charge in [-0.3, -0.25) is 15.1 Å². The minimum atomic E-state index is -0.373. The van der Waals surface area contributed by atoms with E-state index in [1.54, 1.807) is 25.4 Å². The van der Waals surface area contributed by atoms with E-state index in [4.69, 9.17) is 19.6 Å². The molecule has 0 saturated carbocycles. The molecule has 1 atom stereocenters. The highest BCUT2D eigenvalue weighted by atomic mass is 16.5. The minimum absolute atomic E-state index is 0.000694. The normalized spacial score (nSPS) is 19.1. The van der Waals surface area contributed by atoms with Gasteiger partial charge in [-0.2, -0.15) is 0 Å². The molecular weight excluding hydrogens is 384 g/mol. The Hall–Kier alpha value is -2.58. The van der Waals surface area contributed by atoms with E-state index in [0.29, 0.717) is 23.5 Å². The number of nitrogens with one attached hydrogen (secondary N) is 3. The van der Waals surface area contributed by atoms with Gasteiger partial charge in [-0.15, -0.1) is 0 Å². The molecule has 8 heteroatoms. The van der Waals surface area contributed by atoms with Crippen LogP contribution in [-0.4, -0.2) is 68.2 Å². The lowest BCUT2D eigenvalue weighted by Crippen LogP contribution is -2.41. The molecule has 1 saturated heterocycles. The number of amides is 1. The van der Waals surface area contributed by atoms with E-state index in [2.05, 4.69) is 15.5 Å². The molecule has 8 nitrogen and oxygen atoms in total. The summed E-state index contributed by atoms with van der Waals surface area (Å²) in [6.45, 7) is 10.1. The van der Waals surface area contributed by atoms with Crippen molar-refractivity contribution < 1.29 is 19.0 Å². The molecule has 1 unspecified atom stereocenters. The Labute approximate surface area is 178 Å². The first-order chi connectivity index (χ1) is 14.3. The van der Waals surface area contributed by atoms with Gasteiger partial charge >= 0.3 is 0 Å². The molecule has 0 aromatic heterocycles. The third-order valence-corrected chi connectivity index (χ3v) is 5.03. The number of carbonyl (C=O) groups is 1. The summed E-state index contributed by atoms with van der Waals surface area (Å²) in [7, 11) is 1.73. The molecule has 0 aliphatic carbocycles. The second-order valence-electron chi connectivity index (χ2n) is 8.32. The van der Waals surface area contributed by atoms with E-state index < -0.39 is 0 Å². The van der Waals surface area contributed by atoms with Crippen LogP contribution in [0.5, 0.6) is 11.5 Å². The number of benzene rings is 1. The number of nitrogens with zero attached hydrogens (tertiary/aromatic N) is 1. The number of carbonyl (C=O) groups excluding carboxylic acids is 1. The number of fused-ring (bicyclic) bond motifs is 1. The number of hydrogen-bond acceptors (Lipinski definition) is 7. The second-order valence-corrected chi connectivity index (χ2v) is 8.32. The van der Waals surface area contributed by atoms with Crippen LogP contribution in [0.1, 0.15) is 36.7 Å². The van der Waals surface area contributed by atoms with Crippen molar-refractivity contribution in [1.29, 1.82) is 5.41 Å². The van der Waals surface area contributed by atoms with Gasteiger partial charge in [0.1, 0.15) is 29.0 Å². The summed E-state index contributed by atoms with van der Waals surface area (Å²) in [5.41, 5.74) is 1.03. The lowest BCUT2D eigenvalue weighted by molar-refractivity contribution is 0.0217. The van der Waals surface area contributed by atoms with Gasteiger partial charge in [0.15, 0.2) is 0 Å². The third kappa shape index (κ3) is 5.73. The van der Waals surface area contributed by atoms with Crippen molar-refractivity contribution in [3.8, 4) is 11.5 Å². The maximum Gasteiger partial charge on any atom is 0.257 e. The smallest absolute Gasteiger partial charge is 0.257 e. The largest absolute Gasteiger partial charge is 0.489 e. The van der Waals surface area contributed by atoms with Gasteiger partial charge in [-0.05, 0) is 45.2 Å². The molecule has 0 radical (unpaired) electrons. The van der Waals surface area contributed by atoms with Crippen molar-refractivity contribution in [1.82, 2.24) is 15.5 Å². The summed E-state index contributed by atoms with van der Waals surface area (Å²) in [6, 6.07) is 3.48. The summed E-state index contributed by atoms with van der Waals surface area (Å²) in [6.07, 6.45) is 3.72. The van der Waals surface area contributed by atoms with Crippen molar-refractivity contribution in [2.75, 3.05) is 39.9 Å². The van der Waals surface area contributed by atoms with E-state index in [1.165, 1.54) is 6.08 Å². The van der Waals surface area contributed by atoms with Crippen molar-refractivity contribution in [3.63, 3.8) is 0 Å². The van der Waals surface area contributed by atoms with E-state index in [0.717, 1.165) is 38.4 Å². The van der Waals surface area contributed by atoms with E-state index in [9.17, 15) is 4.79 Å². The molecule has 1 aromatic carbocycles. The van der Waals surface area contributed by atoms with Gasteiger partial charge in [0.05, 0.1) is 13.2 Å². The number of morpholine rings is 1. The topological polar surface area (TPSA) is 95.9 Å². The van der Waals surface area contributed by atoms with Crippen LogP contribution in [0.2, 0.25) is 0 Å². The van der Waals surface area contributed by atoms with Gasteiger partial charge in [-0.25, -0.2) is 0 Å². The Kier molecular flexibility index (Phi) is 6.99. The fourth-order valence-corrected chi connectivity index (χ4v) is 3.68. The van der Waals surface area contributed by atoms with Crippen LogP contribution in [0, 0.1) is 5.41 Å². The summed E-state index contributed by atoms with van der Waals surface area (Å²) < 4.78 is 17.8. The van der Waals surface area contributed by atoms with Crippen LogP contribution >= 0.6 is 0 Å². The quantitative estimate of drug-likeness (QED) is 0.464. The van der Waals surface area contributed by atoms with E-state index in [1.807, 2.05) is 20.8 Å². The van der Waals surface area contributed by atoms with Crippen molar-refractivity contribution in [2.45, 2.75) is 38.9 Å². The molecule has 164 valence electrons. The van der Waals surface area contributed by atoms with Gasteiger partial charge < -0.3 is 24.8 Å².